The largest absolute Gasteiger partial charge is 0.493 e. The number of hydrogen-bond acceptors (Lipinski definition) is 7. The maximum Gasteiger partial charge on any atom is 0.252 e. The number of anilines is 1. The number of ether oxygens (including phenoxy) is 3. The van der Waals surface area contributed by atoms with Gasteiger partial charge in [-0.05, 0) is 42.3 Å². The van der Waals surface area contributed by atoms with Crippen LogP contribution in [0.15, 0.2) is 48.5 Å². The van der Waals surface area contributed by atoms with Crippen molar-refractivity contribution in [2.24, 2.45) is 0 Å². The van der Waals surface area contributed by atoms with E-state index in [1.165, 1.54) is 0 Å². The summed E-state index contributed by atoms with van der Waals surface area (Å²) in [5.41, 5.74) is 1.77. The van der Waals surface area contributed by atoms with Gasteiger partial charge in [0.25, 0.3) is 5.91 Å². The number of hydrogen-bond donors (Lipinski definition) is 0. The third-order valence-corrected chi connectivity index (χ3v) is 6.62. The maximum atomic E-state index is 13.3. The average molecular weight is 504 g/mol. The molecule has 34 heavy (non-hydrogen) atoms. The first-order chi connectivity index (χ1) is 16.2. The fourth-order valence-corrected chi connectivity index (χ4v) is 4.76. The zero-order valence-electron chi connectivity index (χ0n) is 19.4. The van der Waals surface area contributed by atoms with Crippen LogP contribution in [-0.4, -0.2) is 69.4 Å². The number of thiazole rings is 1. The van der Waals surface area contributed by atoms with E-state index in [0.717, 1.165) is 60.2 Å². The summed E-state index contributed by atoms with van der Waals surface area (Å²) in [5.74, 6) is 1.19. The Bertz CT molecular complexity index is 1080. The number of fused-ring (bicyclic) bond motifs is 1. The number of carbonyl (C=O) groups is 1. The van der Waals surface area contributed by atoms with Gasteiger partial charge in [-0.3, -0.25) is 14.6 Å². The van der Waals surface area contributed by atoms with Crippen LogP contribution in [0.4, 0.5) is 5.13 Å². The van der Waals surface area contributed by atoms with Gasteiger partial charge in [0.15, 0.2) is 16.6 Å². The summed E-state index contributed by atoms with van der Waals surface area (Å²) in [6.07, 6.45) is 4.26. The number of para-hydroxylation sites is 1. The van der Waals surface area contributed by atoms with Crippen LogP contribution in [0.1, 0.15) is 12.0 Å². The van der Waals surface area contributed by atoms with Crippen LogP contribution in [0.25, 0.3) is 16.3 Å². The first-order valence-electron chi connectivity index (χ1n) is 11.0. The number of methoxy groups -OCH3 is 2. The van der Waals surface area contributed by atoms with Gasteiger partial charge in [0.05, 0.1) is 37.6 Å². The molecule has 0 N–H and O–H groups in total. The summed E-state index contributed by atoms with van der Waals surface area (Å²) in [7, 11) is 3.20. The van der Waals surface area contributed by atoms with Gasteiger partial charge in [-0.1, -0.05) is 29.5 Å². The van der Waals surface area contributed by atoms with E-state index in [1.807, 2.05) is 42.5 Å². The van der Waals surface area contributed by atoms with Gasteiger partial charge in [-0.2, -0.15) is 0 Å². The Hall–Kier alpha value is -2.65. The molecule has 0 radical (unpaired) electrons. The number of aromatic nitrogens is 1. The van der Waals surface area contributed by atoms with Crippen molar-refractivity contribution in [3.8, 4) is 11.5 Å². The molecule has 182 valence electrons. The van der Waals surface area contributed by atoms with E-state index in [1.54, 1.807) is 42.6 Å². The fourth-order valence-electron chi connectivity index (χ4n) is 3.77. The lowest BCUT2D eigenvalue weighted by molar-refractivity contribution is -0.114. The van der Waals surface area contributed by atoms with Crippen LogP contribution < -0.4 is 14.4 Å². The predicted molar refractivity (Wildman–Crippen MR) is 140 cm³/mol. The Kier molecular flexibility index (Phi) is 9.71. The van der Waals surface area contributed by atoms with Gasteiger partial charge < -0.3 is 14.2 Å². The molecule has 0 aliphatic carbocycles. The SMILES string of the molecule is COc1ccc(/C=C/C(=O)N(CCCN2CCOCC2)c2nc3ccccc3s2)cc1OC.Cl. The van der Waals surface area contributed by atoms with Crippen LogP contribution in [0.5, 0.6) is 11.5 Å². The second-order valence-corrected chi connectivity index (χ2v) is 8.72. The molecule has 0 bridgehead atoms. The van der Waals surface area contributed by atoms with E-state index in [-0.39, 0.29) is 18.3 Å². The summed E-state index contributed by atoms with van der Waals surface area (Å²) in [6.45, 7) is 4.95. The molecule has 7 nitrogen and oxygen atoms in total. The predicted octanol–water partition coefficient (Wildman–Crippen LogP) is 4.50. The highest BCUT2D eigenvalue weighted by molar-refractivity contribution is 7.22. The molecule has 1 aromatic heterocycles. The second kappa shape index (κ2) is 12.7. The molecule has 0 atom stereocenters. The molecule has 3 aromatic rings. The van der Waals surface area contributed by atoms with Crippen molar-refractivity contribution in [1.82, 2.24) is 9.88 Å². The molecule has 1 amide bonds. The van der Waals surface area contributed by atoms with Crippen molar-refractivity contribution in [3.63, 3.8) is 0 Å². The number of morpholine rings is 1. The molecule has 2 heterocycles. The van der Waals surface area contributed by atoms with E-state index < -0.39 is 0 Å². The fraction of sp³-hybridized carbons (Fsp3) is 0.360. The normalized spacial score (nSPS) is 14.2. The maximum absolute atomic E-state index is 13.3. The van der Waals surface area contributed by atoms with Gasteiger partial charge in [0.2, 0.25) is 0 Å². The minimum absolute atomic E-state index is 0. The lowest BCUT2D eigenvalue weighted by atomic mass is 10.2. The summed E-state index contributed by atoms with van der Waals surface area (Å²) in [4.78, 5) is 22.2. The van der Waals surface area contributed by atoms with Crippen LogP contribution in [0, 0.1) is 0 Å². The van der Waals surface area contributed by atoms with Crippen molar-refractivity contribution in [3.05, 3.63) is 54.1 Å². The van der Waals surface area contributed by atoms with E-state index in [4.69, 9.17) is 19.2 Å². The van der Waals surface area contributed by atoms with Crippen molar-refractivity contribution in [2.45, 2.75) is 6.42 Å². The standard InChI is InChI=1S/C25H29N3O4S.ClH/c1-30-21-10-8-19(18-22(21)31-2)9-11-24(29)28(13-5-12-27-14-16-32-17-15-27)25-26-20-6-3-4-7-23(20)33-25;/h3-4,6-11,18H,5,12-17H2,1-2H3;1H/b11-9+;. The van der Waals surface area contributed by atoms with Gasteiger partial charge >= 0.3 is 0 Å². The highest BCUT2D eigenvalue weighted by Gasteiger charge is 2.19. The number of nitrogens with zero attached hydrogens (tertiary/aromatic N) is 3. The lowest BCUT2D eigenvalue weighted by Crippen LogP contribution is -2.39. The van der Waals surface area contributed by atoms with Crippen molar-refractivity contribution in [2.75, 3.05) is 58.5 Å². The van der Waals surface area contributed by atoms with Gasteiger partial charge in [-0.25, -0.2) is 4.98 Å². The summed E-state index contributed by atoms with van der Waals surface area (Å²) in [5, 5.41) is 0.722. The Morgan fingerprint density at radius 1 is 1.15 bits per heavy atom. The molecule has 1 fully saturated rings. The highest BCUT2D eigenvalue weighted by Crippen LogP contribution is 2.30. The number of rotatable bonds is 9. The summed E-state index contributed by atoms with van der Waals surface area (Å²) < 4.78 is 17.2. The van der Waals surface area contributed by atoms with Gasteiger partial charge in [-0.15, -0.1) is 12.4 Å². The Morgan fingerprint density at radius 3 is 2.65 bits per heavy atom. The van der Waals surface area contributed by atoms with Crippen LogP contribution in [0.3, 0.4) is 0 Å². The van der Waals surface area contributed by atoms with E-state index in [9.17, 15) is 4.79 Å². The van der Waals surface area contributed by atoms with E-state index in [0.29, 0.717) is 18.0 Å². The smallest absolute Gasteiger partial charge is 0.252 e. The number of carbonyl (C=O) groups excluding carboxylic acids is 1. The number of benzene rings is 2. The molecule has 4 rings (SSSR count). The number of amides is 1. The molecule has 2 aromatic carbocycles. The highest BCUT2D eigenvalue weighted by atomic mass is 35.5. The first kappa shape index (κ1) is 26.0. The average Bonchev–Trinajstić information content (AvgIpc) is 3.29. The van der Waals surface area contributed by atoms with Crippen LogP contribution in [-0.2, 0) is 9.53 Å². The minimum atomic E-state index is -0.0918. The molecule has 0 saturated carbocycles. The zero-order valence-corrected chi connectivity index (χ0v) is 21.1. The van der Waals surface area contributed by atoms with Gasteiger partial charge in [0.1, 0.15) is 0 Å². The Balaban J connectivity index is 0.00000324. The molecule has 0 spiro atoms. The van der Waals surface area contributed by atoms with Gasteiger partial charge in [0, 0.05) is 32.3 Å². The molecular weight excluding hydrogens is 474 g/mol. The van der Waals surface area contributed by atoms with Crippen molar-refractivity contribution < 1.29 is 19.0 Å². The third-order valence-electron chi connectivity index (χ3n) is 5.57. The summed E-state index contributed by atoms with van der Waals surface area (Å²) >= 11 is 1.54. The molecule has 1 saturated heterocycles. The van der Waals surface area contributed by atoms with Crippen molar-refractivity contribution in [1.29, 1.82) is 0 Å². The number of halogens is 1. The summed E-state index contributed by atoms with van der Waals surface area (Å²) in [6, 6.07) is 13.5. The third kappa shape index (κ3) is 6.48. The molecular formula is C25H30ClN3O4S. The minimum Gasteiger partial charge on any atom is -0.493 e. The van der Waals surface area contributed by atoms with E-state index >= 15 is 0 Å². The first-order valence-corrected chi connectivity index (χ1v) is 11.9. The molecule has 0 unspecified atom stereocenters. The zero-order chi connectivity index (χ0) is 23.0. The lowest BCUT2D eigenvalue weighted by Gasteiger charge is -2.27. The van der Waals surface area contributed by atoms with Crippen molar-refractivity contribution >= 4 is 51.1 Å². The molecule has 1 aliphatic heterocycles. The van der Waals surface area contributed by atoms with Crippen LogP contribution in [0.2, 0.25) is 0 Å². The topological polar surface area (TPSA) is 64.1 Å². The Labute approximate surface area is 210 Å². The Morgan fingerprint density at radius 2 is 1.91 bits per heavy atom. The van der Waals surface area contributed by atoms with Crippen LogP contribution >= 0.6 is 23.7 Å². The van der Waals surface area contributed by atoms with E-state index in [2.05, 4.69) is 4.90 Å². The monoisotopic (exact) mass is 503 g/mol. The molecule has 1 aliphatic rings. The second-order valence-electron chi connectivity index (χ2n) is 7.71. The molecule has 9 heteroatoms. The quantitative estimate of drug-likeness (QED) is 0.400.